The molecule has 0 bridgehead atoms. The quantitative estimate of drug-likeness (QED) is 0.426. The van der Waals surface area contributed by atoms with Crippen molar-refractivity contribution in [1.29, 1.82) is 0 Å². The Morgan fingerprint density at radius 1 is 1.58 bits per heavy atom. The molecule has 142 valence electrons. The Morgan fingerprint density at radius 2 is 2.31 bits per heavy atom. The van der Waals surface area contributed by atoms with Crippen molar-refractivity contribution in [3.05, 3.63) is 28.3 Å². The molecule has 2 rings (SSSR count). The number of aliphatic imine (C=N–C) groups is 1. The molecule has 1 amide bonds. The van der Waals surface area contributed by atoms with E-state index in [-0.39, 0.29) is 5.91 Å². The van der Waals surface area contributed by atoms with Crippen LogP contribution < -0.4 is 15.7 Å². The zero-order valence-corrected chi connectivity index (χ0v) is 16.1. The van der Waals surface area contributed by atoms with Crippen LogP contribution in [0.5, 0.6) is 5.75 Å². The highest BCUT2D eigenvalue weighted by Gasteiger charge is 2.40. The van der Waals surface area contributed by atoms with Crippen LogP contribution in [-0.4, -0.2) is 40.3 Å². The van der Waals surface area contributed by atoms with Gasteiger partial charge >= 0.3 is 5.63 Å². The van der Waals surface area contributed by atoms with Crippen LogP contribution in [0.15, 0.2) is 31.5 Å². The van der Waals surface area contributed by atoms with Gasteiger partial charge in [0.05, 0.1) is 19.2 Å². The van der Waals surface area contributed by atoms with E-state index in [9.17, 15) is 9.59 Å². The summed E-state index contributed by atoms with van der Waals surface area (Å²) in [6.45, 7) is 5.32. The molecule has 0 fully saturated rings. The Kier molecular flexibility index (Phi) is 6.47. The van der Waals surface area contributed by atoms with E-state index in [4.69, 9.17) is 14.4 Å². The van der Waals surface area contributed by atoms with Crippen molar-refractivity contribution in [3.8, 4) is 5.75 Å². The summed E-state index contributed by atoms with van der Waals surface area (Å²) in [5.41, 5.74) is -1.15. The van der Waals surface area contributed by atoms with Crippen LogP contribution in [0.4, 0.5) is 0 Å². The van der Waals surface area contributed by atoms with E-state index in [1.807, 2.05) is 6.92 Å². The largest absolute Gasteiger partial charge is 0.496 e. The zero-order valence-electron chi connectivity index (χ0n) is 15.2. The van der Waals surface area contributed by atoms with E-state index in [0.717, 1.165) is 6.42 Å². The number of amides is 1. The van der Waals surface area contributed by atoms with E-state index in [2.05, 4.69) is 15.5 Å². The molecule has 2 atom stereocenters. The van der Waals surface area contributed by atoms with E-state index < -0.39 is 17.2 Å². The first kappa shape index (κ1) is 20.0. The number of thioether (sulfide) groups is 1. The smallest absolute Gasteiger partial charge is 0.339 e. The van der Waals surface area contributed by atoms with Gasteiger partial charge in [-0.25, -0.2) is 4.79 Å². The molecular weight excluding hydrogens is 358 g/mol. The van der Waals surface area contributed by atoms with Crippen LogP contribution >= 0.6 is 11.8 Å². The molecule has 26 heavy (non-hydrogen) atoms. The highest BCUT2D eigenvalue weighted by Crippen LogP contribution is 2.30. The number of nitrogens with one attached hydrogen (secondary N) is 1. The molecule has 8 nitrogen and oxygen atoms in total. The molecular formula is C17H23N3O5S. The van der Waals surface area contributed by atoms with Crippen molar-refractivity contribution < 1.29 is 19.2 Å². The molecule has 2 heterocycles. The van der Waals surface area contributed by atoms with Crippen molar-refractivity contribution >= 4 is 28.4 Å². The average molecular weight is 381 g/mol. The first-order valence-electron chi connectivity index (χ1n) is 8.24. The summed E-state index contributed by atoms with van der Waals surface area (Å²) in [6.07, 6.45) is 1.38. The normalized spacial score (nSPS) is 21.2. The number of hydrogen-bond acceptors (Lipinski definition) is 8. The Labute approximate surface area is 155 Å². The van der Waals surface area contributed by atoms with Crippen molar-refractivity contribution in [2.24, 2.45) is 10.1 Å². The number of carbonyl (C=O) groups excluding carboxylic acids is 1. The van der Waals surface area contributed by atoms with Gasteiger partial charge < -0.3 is 19.7 Å². The molecule has 0 saturated carbocycles. The molecule has 1 aliphatic heterocycles. The molecule has 1 aromatic rings. The molecule has 0 saturated heterocycles. The maximum Gasteiger partial charge on any atom is 0.339 e. The lowest BCUT2D eigenvalue weighted by molar-refractivity contribution is -0.125. The molecule has 0 radical (unpaired) electrons. The molecule has 1 aliphatic rings. The van der Waals surface area contributed by atoms with Gasteiger partial charge in [0.15, 0.2) is 0 Å². The van der Waals surface area contributed by atoms with Crippen LogP contribution in [0.2, 0.25) is 0 Å². The first-order valence-corrected chi connectivity index (χ1v) is 9.23. The van der Waals surface area contributed by atoms with Gasteiger partial charge in [-0.2, -0.15) is 0 Å². The topological polar surface area (TPSA) is 113 Å². The SMILES string of the molecule is CCC[C@@H](NC(=O)[C@]1(C)CSC(/C(C)=N\O)=N1)c1cc(OC)cc(=O)o1. The van der Waals surface area contributed by atoms with Crippen molar-refractivity contribution in [2.45, 2.75) is 45.2 Å². The number of ether oxygens (including phenoxy) is 1. The van der Waals surface area contributed by atoms with E-state index in [1.54, 1.807) is 19.9 Å². The summed E-state index contributed by atoms with van der Waals surface area (Å²) < 4.78 is 10.4. The number of hydrogen-bond donors (Lipinski definition) is 2. The second-order valence-electron chi connectivity index (χ2n) is 6.20. The number of methoxy groups -OCH3 is 1. The lowest BCUT2D eigenvalue weighted by atomic mass is 10.0. The molecule has 9 heteroatoms. The molecule has 2 N–H and O–H groups in total. The van der Waals surface area contributed by atoms with Crippen LogP contribution in [0.25, 0.3) is 0 Å². The van der Waals surface area contributed by atoms with E-state index in [1.165, 1.54) is 24.9 Å². The van der Waals surface area contributed by atoms with Gasteiger partial charge in [-0.05, 0) is 20.3 Å². The van der Waals surface area contributed by atoms with Gasteiger partial charge in [0.2, 0.25) is 5.91 Å². The summed E-state index contributed by atoms with van der Waals surface area (Å²) >= 11 is 1.36. The minimum atomic E-state index is -0.989. The third-order valence-electron chi connectivity index (χ3n) is 4.01. The van der Waals surface area contributed by atoms with Gasteiger partial charge in [0.1, 0.15) is 27.8 Å². The lowest BCUT2D eigenvalue weighted by Gasteiger charge is -2.24. The summed E-state index contributed by atoms with van der Waals surface area (Å²) in [7, 11) is 1.46. The third-order valence-corrected chi connectivity index (χ3v) is 5.38. The Morgan fingerprint density at radius 3 is 2.92 bits per heavy atom. The van der Waals surface area contributed by atoms with Gasteiger partial charge in [-0.15, -0.1) is 11.8 Å². The number of oxime groups is 1. The van der Waals surface area contributed by atoms with E-state index in [0.29, 0.717) is 34.4 Å². The van der Waals surface area contributed by atoms with Gasteiger partial charge in [-0.3, -0.25) is 9.79 Å². The molecule has 0 aliphatic carbocycles. The van der Waals surface area contributed by atoms with E-state index >= 15 is 0 Å². The Balaban J connectivity index is 2.25. The Hall–Kier alpha value is -2.29. The predicted molar refractivity (Wildman–Crippen MR) is 101 cm³/mol. The first-order chi connectivity index (χ1) is 12.3. The number of nitrogens with zero attached hydrogens (tertiary/aromatic N) is 2. The highest BCUT2D eigenvalue weighted by atomic mass is 32.2. The van der Waals surface area contributed by atoms with Crippen LogP contribution in [-0.2, 0) is 4.79 Å². The Bertz CT molecular complexity index is 789. The van der Waals surface area contributed by atoms with Crippen molar-refractivity contribution in [3.63, 3.8) is 0 Å². The molecule has 0 spiro atoms. The number of carbonyl (C=O) groups is 1. The monoisotopic (exact) mass is 381 g/mol. The molecule has 0 unspecified atom stereocenters. The van der Waals surface area contributed by atoms with Crippen LogP contribution in [0, 0.1) is 0 Å². The maximum atomic E-state index is 12.8. The zero-order chi connectivity index (χ0) is 19.3. The molecule has 1 aromatic heterocycles. The highest BCUT2D eigenvalue weighted by molar-refractivity contribution is 8.16. The minimum Gasteiger partial charge on any atom is -0.496 e. The second-order valence-corrected chi connectivity index (χ2v) is 7.16. The third kappa shape index (κ3) is 4.46. The number of rotatable bonds is 7. The van der Waals surface area contributed by atoms with Gasteiger partial charge in [0.25, 0.3) is 0 Å². The van der Waals surface area contributed by atoms with Crippen molar-refractivity contribution in [1.82, 2.24) is 5.32 Å². The summed E-state index contributed by atoms with van der Waals surface area (Å²) in [6, 6.07) is 2.38. The van der Waals surface area contributed by atoms with Crippen molar-refractivity contribution in [2.75, 3.05) is 12.9 Å². The fourth-order valence-electron chi connectivity index (χ4n) is 2.49. The second kappa shape index (κ2) is 8.39. The van der Waals surface area contributed by atoms with Gasteiger partial charge in [-0.1, -0.05) is 18.5 Å². The lowest BCUT2D eigenvalue weighted by Crippen LogP contribution is -2.45. The summed E-state index contributed by atoms with van der Waals surface area (Å²) in [4.78, 5) is 29.0. The van der Waals surface area contributed by atoms with Crippen LogP contribution in [0.1, 0.15) is 45.4 Å². The minimum absolute atomic E-state index is 0.283. The predicted octanol–water partition coefficient (Wildman–Crippen LogP) is 2.36. The average Bonchev–Trinajstić information content (AvgIpc) is 3.03. The molecule has 0 aromatic carbocycles. The van der Waals surface area contributed by atoms with Gasteiger partial charge in [0, 0.05) is 11.8 Å². The fourth-order valence-corrected chi connectivity index (χ4v) is 3.62. The fraction of sp³-hybridized carbons (Fsp3) is 0.529. The van der Waals surface area contributed by atoms with Crippen LogP contribution in [0.3, 0.4) is 0 Å². The maximum absolute atomic E-state index is 12.8. The summed E-state index contributed by atoms with van der Waals surface area (Å²) in [5.74, 6) is 0.872. The standard InChI is InChI=1S/C17H23N3O5S/c1-5-6-12(13-7-11(24-4)8-14(21)25-13)18-16(22)17(3)9-26-15(19-17)10(2)20-23/h7-8,12,23H,5-6,9H2,1-4H3,(H,18,22)/b20-10-/t12-,17+/m1/s1. The summed E-state index contributed by atoms with van der Waals surface area (Å²) in [5, 5.41) is 15.5.